The number of aliphatic hydroxyl groups excluding tert-OH is 1. The number of rotatable bonds is 6. The molecule has 1 fully saturated rings. The molecule has 0 radical (unpaired) electrons. The Morgan fingerprint density at radius 3 is 2.76 bits per heavy atom. The number of nitrogens with one attached hydrogen (secondary N) is 1. The Hall–Kier alpha value is -1.06. The average molecular weight is 291 g/mol. The van der Waals surface area contributed by atoms with Crippen molar-refractivity contribution in [2.75, 3.05) is 6.54 Å². The van der Waals surface area contributed by atoms with Crippen LogP contribution in [0, 0.1) is 6.92 Å². The van der Waals surface area contributed by atoms with Crippen LogP contribution in [0.15, 0.2) is 18.2 Å². The third-order valence-corrected chi connectivity index (χ3v) is 4.35. The summed E-state index contributed by atoms with van der Waals surface area (Å²) in [5.74, 6) is 0.910. The zero-order valence-electron chi connectivity index (χ0n) is 13.6. The first-order valence-electron chi connectivity index (χ1n) is 8.30. The zero-order chi connectivity index (χ0) is 15.2. The Labute approximate surface area is 128 Å². The van der Waals surface area contributed by atoms with Crippen molar-refractivity contribution in [3.05, 3.63) is 29.3 Å². The van der Waals surface area contributed by atoms with E-state index in [2.05, 4.69) is 44.3 Å². The van der Waals surface area contributed by atoms with Gasteiger partial charge in [0.05, 0.1) is 6.10 Å². The quantitative estimate of drug-likeness (QED) is 0.839. The van der Waals surface area contributed by atoms with Crippen LogP contribution < -0.4 is 10.1 Å². The molecule has 3 atom stereocenters. The molecule has 1 saturated carbocycles. The highest BCUT2D eigenvalue weighted by Gasteiger charge is 2.25. The molecule has 0 spiro atoms. The van der Waals surface area contributed by atoms with Crippen LogP contribution in [0.5, 0.6) is 5.75 Å². The normalized spacial score (nSPS) is 23.8. The molecule has 3 heteroatoms. The fraction of sp³-hybridized carbons (Fsp3) is 0.667. The van der Waals surface area contributed by atoms with Crippen LogP contribution in [0.3, 0.4) is 0 Å². The lowest BCUT2D eigenvalue weighted by Crippen LogP contribution is -2.34. The summed E-state index contributed by atoms with van der Waals surface area (Å²) in [7, 11) is 0. The highest BCUT2D eigenvalue weighted by molar-refractivity contribution is 5.37. The summed E-state index contributed by atoms with van der Waals surface area (Å²) in [6.07, 6.45) is 4.86. The predicted octanol–water partition coefficient (Wildman–Crippen LogP) is 3.74. The average Bonchev–Trinajstić information content (AvgIpc) is 2.49. The van der Waals surface area contributed by atoms with E-state index in [1.807, 2.05) is 0 Å². The first kappa shape index (κ1) is 16.3. The van der Waals surface area contributed by atoms with Gasteiger partial charge in [-0.1, -0.05) is 25.5 Å². The van der Waals surface area contributed by atoms with Gasteiger partial charge in [0.2, 0.25) is 0 Å². The summed E-state index contributed by atoms with van der Waals surface area (Å²) in [6, 6.07) is 6.73. The van der Waals surface area contributed by atoms with Crippen molar-refractivity contribution in [3.63, 3.8) is 0 Å². The summed E-state index contributed by atoms with van der Waals surface area (Å²) < 4.78 is 6.04. The van der Waals surface area contributed by atoms with E-state index in [0.717, 1.165) is 50.0 Å². The summed E-state index contributed by atoms with van der Waals surface area (Å²) in [4.78, 5) is 0. The van der Waals surface area contributed by atoms with Crippen molar-refractivity contribution in [2.45, 2.75) is 71.1 Å². The lowest BCUT2D eigenvalue weighted by Gasteiger charge is -2.29. The molecule has 1 aromatic carbocycles. The summed E-state index contributed by atoms with van der Waals surface area (Å²) in [6.45, 7) is 7.49. The molecular weight excluding hydrogens is 262 g/mol. The van der Waals surface area contributed by atoms with Crippen LogP contribution in [-0.4, -0.2) is 23.9 Å². The van der Waals surface area contributed by atoms with Gasteiger partial charge in [0.15, 0.2) is 0 Å². The molecule has 0 aliphatic heterocycles. The highest BCUT2D eigenvalue weighted by Crippen LogP contribution is 2.28. The lowest BCUT2D eigenvalue weighted by atomic mass is 9.94. The van der Waals surface area contributed by atoms with Gasteiger partial charge in [0.1, 0.15) is 11.9 Å². The van der Waals surface area contributed by atoms with E-state index in [4.69, 9.17) is 4.74 Å². The van der Waals surface area contributed by atoms with Crippen LogP contribution in [-0.2, 0) is 0 Å². The molecule has 1 aliphatic carbocycles. The van der Waals surface area contributed by atoms with Gasteiger partial charge < -0.3 is 15.2 Å². The van der Waals surface area contributed by atoms with E-state index in [1.165, 1.54) is 5.56 Å². The van der Waals surface area contributed by atoms with Crippen molar-refractivity contribution < 1.29 is 9.84 Å². The van der Waals surface area contributed by atoms with Crippen LogP contribution in [0.4, 0.5) is 0 Å². The van der Waals surface area contributed by atoms with Gasteiger partial charge in [-0.05, 0) is 63.3 Å². The number of hydrogen-bond donors (Lipinski definition) is 2. The number of hydrogen-bond acceptors (Lipinski definition) is 3. The van der Waals surface area contributed by atoms with Gasteiger partial charge in [0, 0.05) is 6.04 Å². The maximum absolute atomic E-state index is 10.0. The maximum Gasteiger partial charge on any atom is 0.124 e. The largest absolute Gasteiger partial charge is 0.487 e. The van der Waals surface area contributed by atoms with Gasteiger partial charge in [0.25, 0.3) is 0 Å². The Morgan fingerprint density at radius 1 is 1.33 bits per heavy atom. The van der Waals surface area contributed by atoms with Crippen LogP contribution in [0.1, 0.15) is 63.1 Å². The molecule has 2 N–H and O–H groups in total. The molecule has 3 nitrogen and oxygen atoms in total. The first-order valence-corrected chi connectivity index (χ1v) is 8.30. The Bertz CT molecular complexity index is 447. The SMILES string of the molecule is CCCNC(C)c1ccc(OC2CCCCC2O)c(C)c1. The predicted molar refractivity (Wildman–Crippen MR) is 86.8 cm³/mol. The molecular formula is C18H29NO2. The van der Waals surface area contributed by atoms with Gasteiger partial charge in [-0.3, -0.25) is 0 Å². The molecule has 2 rings (SSSR count). The van der Waals surface area contributed by atoms with Gasteiger partial charge in [-0.25, -0.2) is 0 Å². The highest BCUT2D eigenvalue weighted by atomic mass is 16.5. The third kappa shape index (κ3) is 4.45. The Morgan fingerprint density at radius 2 is 2.10 bits per heavy atom. The molecule has 0 heterocycles. The number of aryl methyl sites for hydroxylation is 1. The van der Waals surface area contributed by atoms with E-state index in [9.17, 15) is 5.11 Å². The monoisotopic (exact) mass is 291 g/mol. The lowest BCUT2D eigenvalue weighted by molar-refractivity contribution is 0.00653. The Balaban J connectivity index is 2.01. The van der Waals surface area contributed by atoms with Crippen molar-refractivity contribution in [1.82, 2.24) is 5.32 Å². The molecule has 0 aromatic heterocycles. The second-order valence-corrected chi connectivity index (χ2v) is 6.21. The summed E-state index contributed by atoms with van der Waals surface area (Å²) in [5, 5.41) is 13.5. The molecule has 0 saturated heterocycles. The second-order valence-electron chi connectivity index (χ2n) is 6.21. The molecule has 21 heavy (non-hydrogen) atoms. The van der Waals surface area contributed by atoms with Crippen LogP contribution in [0.2, 0.25) is 0 Å². The number of aliphatic hydroxyl groups is 1. The molecule has 0 bridgehead atoms. The van der Waals surface area contributed by atoms with Gasteiger partial charge in [-0.15, -0.1) is 0 Å². The molecule has 118 valence electrons. The topological polar surface area (TPSA) is 41.5 Å². The van der Waals surface area contributed by atoms with Crippen molar-refractivity contribution in [2.24, 2.45) is 0 Å². The standard InChI is InChI=1S/C18H29NO2/c1-4-11-19-14(3)15-9-10-17(13(2)12-15)21-18-8-6-5-7-16(18)20/h9-10,12,14,16,18-20H,4-8,11H2,1-3H3. The minimum Gasteiger partial charge on any atom is -0.487 e. The van der Waals surface area contributed by atoms with Crippen molar-refractivity contribution in [3.8, 4) is 5.75 Å². The van der Waals surface area contributed by atoms with Crippen molar-refractivity contribution >= 4 is 0 Å². The van der Waals surface area contributed by atoms with Gasteiger partial charge in [-0.2, -0.15) is 0 Å². The molecule has 0 amide bonds. The molecule has 1 aliphatic rings. The Kier molecular flexibility index (Phi) is 6.07. The summed E-state index contributed by atoms with van der Waals surface area (Å²) >= 11 is 0. The van der Waals surface area contributed by atoms with E-state index in [0.29, 0.717) is 6.04 Å². The number of benzene rings is 1. The van der Waals surface area contributed by atoms with Gasteiger partial charge >= 0.3 is 0 Å². The van der Waals surface area contributed by atoms with Crippen LogP contribution in [0.25, 0.3) is 0 Å². The van der Waals surface area contributed by atoms with E-state index >= 15 is 0 Å². The van der Waals surface area contributed by atoms with Crippen LogP contribution >= 0.6 is 0 Å². The molecule has 1 aromatic rings. The fourth-order valence-electron chi connectivity index (χ4n) is 2.93. The summed E-state index contributed by atoms with van der Waals surface area (Å²) in [5.41, 5.74) is 2.44. The fourth-order valence-corrected chi connectivity index (χ4v) is 2.93. The third-order valence-electron chi connectivity index (χ3n) is 4.35. The maximum atomic E-state index is 10.0. The second kappa shape index (κ2) is 7.81. The zero-order valence-corrected chi connectivity index (χ0v) is 13.6. The minimum atomic E-state index is -0.317. The first-order chi connectivity index (χ1) is 10.1. The minimum absolute atomic E-state index is 0.0426. The van der Waals surface area contributed by atoms with Crippen molar-refractivity contribution in [1.29, 1.82) is 0 Å². The van der Waals surface area contributed by atoms with E-state index in [1.54, 1.807) is 0 Å². The van der Waals surface area contributed by atoms with E-state index in [-0.39, 0.29) is 12.2 Å². The molecule has 3 unspecified atom stereocenters. The smallest absolute Gasteiger partial charge is 0.124 e. The van der Waals surface area contributed by atoms with E-state index < -0.39 is 0 Å². The number of ether oxygens (including phenoxy) is 1.